The molecule has 0 bridgehead atoms. The number of rotatable bonds is 8. The minimum atomic E-state index is -4.68. The maximum absolute atomic E-state index is 13.5. The molecule has 10 nitrogen and oxygen atoms in total. The summed E-state index contributed by atoms with van der Waals surface area (Å²) in [6.07, 6.45) is -1.86. The lowest BCUT2D eigenvalue weighted by Crippen LogP contribution is -2.39. The lowest BCUT2D eigenvalue weighted by atomic mass is 10.1. The van der Waals surface area contributed by atoms with E-state index in [1.54, 1.807) is 25.1 Å². The Hall–Kier alpha value is -4.18. The Balaban J connectivity index is 1.59. The van der Waals surface area contributed by atoms with Crippen molar-refractivity contribution in [2.45, 2.75) is 31.2 Å². The van der Waals surface area contributed by atoms with Crippen molar-refractivity contribution in [3.63, 3.8) is 0 Å². The molecule has 4 aromatic rings. The van der Waals surface area contributed by atoms with Crippen molar-refractivity contribution >= 4 is 43.1 Å². The van der Waals surface area contributed by atoms with E-state index in [4.69, 9.17) is 9.15 Å². The molecule has 15 heteroatoms. The van der Waals surface area contributed by atoms with Crippen LogP contribution in [0.4, 0.5) is 18.9 Å². The van der Waals surface area contributed by atoms with Crippen LogP contribution < -0.4 is 14.2 Å². The number of hydrogen-bond acceptors (Lipinski definition) is 7. The smallest absolute Gasteiger partial charge is 0.416 e. The van der Waals surface area contributed by atoms with Gasteiger partial charge in [0.2, 0.25) is 11.5 Å². The zero-order valence-corrected chi connectivity index (χ0v) is 24.8. The maximum Gasteiger partial charge on any atom is 0.416 e. The Morgan fingerprint density at radius 3 is 2.34 bits per heavy atom. The molecule has 0 amide bonds. The van der Waals surface area contributed by atoms with E-state index in [2.05, 4.69) is 0 Å². The molecule has 5 rings (SSSR count). The van der Waals surface area contributed by atoms with Gasteiger partial charge in [0.15, 0.2) is 5.75 Å². The van der Waals surface area contributed by atoms with Gasteiger partial charge in [0.25, 0.3) is 21.5 Å². The molecule has 1 atom stereocenters. The van der Waals surface area contributed by atoms with Crippen LogP contribution in [-0.2, 0) is 32.3 Å². The Bertz CT molecular complexity index is 2020. The second kappa shape index (κ2) is 11.4. The van der Waals surface area contributed by atoms with E-state index in [-0.39, 0.29) is 23.2 Å². The van der Waals surface area contributed by atoms with Gasteiger partial charge in [-0.1, -0.05) is 36.4 Å². The number of fused-ring (bicyclic) bond motifs is 2. The summed E-state index contributed by atoms with van der Waals surface area (Å²) in [4.78, 5) is 1.19. The predicted octanol–water partition coefficient (Wildman–Crippen LogP) is 5.67. The molecule has 2 N–H and O–H groups in total. The van der Waals surface area contributed by atoms with E-state index >= 15 is 0 Å². The first kappa shape index (κ1) is 31.3. The van der Waals surface area contributed by atoms with Crippen LogP contribution in [0.15, 0.2) is 88.7 Å². The Morgan fingerprint density at radius 1 is 1.00 bits per heavy atom. The van der Waals surface area contributed by atoms with E-state index < -0.39 is 49.6 Å². The summed E-state index contributed by atoms with van der Waals surface area (Å²) in [5.41, 5.74) is 1.61. The highest BCUT2D eigenvalue weighted by Crippen LogP contribution is 2.43. The molecule has 3 aromatic carbocycles. The van der Waals surface area contributed by atoms with Gasteiger partial charge >= 0.3 is 22.2 Å². The summed E-state index contributed by atoms with van der Waals surface area (Å²) in [7, 11) is -9.09. The number of oxazole rings is 1. The zero-order valence-electron chi connectivity index (χ0n) is 23.2. The van der Waals surface area contributed by atoms with Gasteiger partial charge in [0.1, 0.15) is 5.25 Å². The third-order valence-corrected chi connectivity index (χ3v) is 8.59. The molecule has 1 unspecified atom stereocenters. The van der Waals surface area contributed by atoms with Crippen LogP contribution in [0.1, 0.15) is 25.3 Å². The molecular formula is C29H26F3N2O8S2+. The van der Waals surface area contributed by atoms with Crippen LogP contribution in [0.3, 0.4) is 0 Å². The van der Waals surface area contributed by atoms with E-state index in [0.29, 0.717) is 16.7 Å². The first-order valence-electron chi connectivity index (χ1n) is 13.0. The van der Waals surface area contributed by atoms with Crippen molar-refractivity contribution in [3.05, 3.63) is 95.7 Å². The fourth-order valence-electron chi connectivity index (χ4n) is 4.67. The molecule has 0 spiro atoms. The zero-order chi connectivity index (χ0) is 32.0. The average molecular weight is 652 g/mol. The highest BCUT2D eigenvalue weighted by Gasteiger charge is 2.36. The number of allylic oxidation sites excluding steroid dienone is 2. The molecule has 44 heavy (non-hydrogen) atoms. The second-order valence-electron chi connectivity index (χ2n) is 10.2. The molecule has 0 fully saturated rings. The topological polar surface area (TPSA) is 138 Å². The highest BCUT2D eigenvalue weighted by atomic mass is 32.2. The summed E-state index contributed by atoms with van der Waals surface area (Å²) in [5, 5.41) is -1.40. The first-order valence-corrected chi connectivity index (χ1v) is 16.1. The molecule has 1 aromatic heterocycles. The van der Waals surface area contributed by atoms with Crippen molar-refractivity contribution < 1.29 is 52.8 Å². The maximum atomic E-state index is 13.5. The number of hydrogen-bond donors (Lipinski definition) is 2. The van der Waals surface area contributed by atoms with Crippen molar-refractivity contribution in [1.82, 2.24) is 0 Å². The fourth-order valence-corrected chi connectivity index (χ4v) is 5.60. The number of anilines is 1. The number of halogens is 3. The third-order valence-electron chi connectivity index (χ3n) is 6.84. The van der Waals surface area contributed by atoms with E-state index in [1.165, 1.54) is 28.5 Å². The summed E-state index contributed by atoms with van der Waals surface area (Å²) in [6.45, 7) is 2.32. The SMILES string of the molecule is CC(=Cc1oc2ccc(-c3ccccc3)cc2[n+]1CS(=O)(=O)O)C=C1Oc2ccc(C(F)(F)F)cc2N1CC(C)S(=O)(=O)O. The van der Waals surface area contributed by atoms with E-state index in [1.807, 2.05) is 30.3 Å². The quantitative estimate of drug-likeness (QED) is 0.182. The number of ether oxygens (including phenoxy) is 1. The van der Waals surface area contributed by atoms with Gasteiger partial charge in [-0.25, -0.2) is 0 Å². The monoisotopic (exact) mass is 651 g/mol. The van der Waals surface area contributed by atoms with Crippen molar-refractivity contribution in [2.75, 3.05) is 11.4 Å². The predicted molar refractivity (Wildman–Crippen MR) is 156 cm³/mol. The molecule has 1 aliphatic rings. The van der Waals surface area contributed by atoms with Gasteiger partial charge in [-0.2, -0.15) is 30.0 Å². The largest absolute Gasteiger partial charge is 0.439 e. The van der Waals surface area contributed by atoms with Gasteiger partial charge in [-0.3, -0.25) is 9.11 Å². The Kier molecular flexibility index (Phi) is 8.09. The van der Waals surface area contributed by atoms with Gasteiger partial charge in [-0.05, 0) is 54.8 Å². The minimum absolute atomic E-state index is 0.0184. The van der Waals surface area contributed by atoms with Crippen molar-refractivity contribution in [1.29, 1.82) is 0 Å². The standard InChI is InChI=1S/C29H25F3N2O8S2/c1-18(12-27-33(16-19(2)44(38,39)40)24-15-22(29(30,31)32)9-11-26(24)41-27)13-28-34(17-43(35,36)37)23-14-21(8-10-25(23)42-28)20-6-4-3-5-7-20/h3-15,19H,16-17H2,1-2H3,(H-,35,36,37,38,39,40)/p+1. The van der Waals surface area contributed by atoms with Crippen LogP contribution in [0.5, 0.6) is 5.75 Å². The van der Waals surface area contributed by atoms with Crippen LogP contribution >= 0.6 is 0 Å². The molecular weight excluding hydrogens is 625 g/mol. The highest BCUT2D eigenvalue weighted by molar-refractivity contribution is 7.86. The summed E-state index contributed by atoms with van der Waals surface area (Å²) in [5.74, 6) is -0.843. The average Bonchev–Trinajstić information content (AvgIpc) is 3.43. The summed E-state index contributed by atoms with van der Waals surface area (Å²) in [6, 6.07) is 17.2. The number of benzene rings is 3. The van der Waals surface area contributed by atoms with Crippen LogP contribution in [0.25, 0.3) is 28.3 Å². The number of nitrogens with zero attached hydrogens (tertiary/aromatic N) is 2. The molecule has 0 aliphatic carbocycles. The van der Waals surface area contributed by atoms with Gasteiger partial charge in [-0.15, -0.1) is 4.57 Å². The summed E-state index contributed by atoms with van der Waals surface area (Å²) < 4.78 is 120. The first-order chi connectivity index (χ1) is 20.5. The fraction of sp³-hybridized carbons (Fsp3) is 0.207. The minimum Gasteiger partial charge on any atom is -0.439 e. The lowest BCUT2D eigenvalue weighted by Gasteiger charge is -2.21. The normalized spacial score (nSPS) is 15.9. The van der Waals surface area contributed by atoms with E-state index in [0.717, 1.165) is 29.3 Å². The van der Waals surface area contributed by atoms with Crippen LogP contribution in [-0.4, -0.2) is 37.7 Å². The van der Waals surface area contributed by atoms with E-state index in [9.17, 15) is 39.1 Å². The van der Waals surface area contributed by atoms with Crippen LogP contribution in [0.2, 0.25) is 0 Å². The van der Waals surface area contributed by atoms with Crippen molar-refractivity contribution in [2.24, 2.45) is 0 Å². The third kappa shape index (κ3) is 6.80. The Morgan fingerprint density at radius 2 is 1.70 bits per heavy atom. The number of aromatic nitrogens is 1. The molecule has 2 heterocycles. The lowest BCUT2D eigenvalue weighted by molar-refractivity contribution is -0.658. The molecule has 0 radical (unpaired) electrons. The van der Waals surface area contributed by atoms with Gasteiger partial charge < -0.3 is 14.1 Å². The second-order valence-corrected chi connectivity index (χ2v) is 13.5. The molecule has 0 saturated heterocycles. The molecule has 232 valence electrons. The van der Waals surface area contributed by atoms with Gasteiger partial charge in [0, 0.05) is 18.7 Å². The summed E-state index contributed by atoms with van der Waals surface area (Å²) >= 11 is 0. The van der Waals surface area contributed by atoms with Crippen molar-refractivity contribution in [3.8, 4) is 16.9 Å². The molecule has 1 aliphatic heterocycles. The van der Waals surface area contributed by atoms with Crippen LogP contribution in [0, 0.1) is 0 Å². The molecule has 0 saturated carbocycles. The number of alkyl halides is 3. The Labute approximate surface area is 250 Å². The van der Waals surface area contributed by atoms with Gasteiger partial charge in [0.05, 0.1) is 17.3 Å².